The highest BCUT2D eigenvalue weighted by atomic mass is 16.3. The molecule has 0 bridgehead atoms. The zero-order chi connectivity index (χ0) is 20.5. The smallest absolute Gasteiger partial charge is 0.115 e. The van der Waals surface area contributed by atoms with Crippen LogP contribution >= 0.6 is 0 Å². The Bertz CT molecular complexity index is 918. The number of hydrogen-bond donors (Lipinski definition) is 1. The van der Waals surface area contributed by atoms with Crippen LogP contribution in [0.3, 0.4) is 0 Å². The summed E-state index contributed by atoms with van der Waals surface area (Å²) in [6.45, 7) is 13.7. The van der Waals surface area contributed by atoms with Crippen LogP contribution in [0, 0.1) is 0 Å². The second kappa shape index (κ2) is 7.54. The molecule has 3 rings (SSSR count). The van der Waals surface area contributed by atoms with Gasteiger partial charge in [0.25, 0.3) is 0 Å². The van der Waals surface area contributed by atoms with Crippen molar-refractivity contribution in [2.45, 2.75) is 71.6 Å². The van der Waals surface area contributed by atoms with Gasteiger partial charge in [-0.3, -0.25) is 0 Å². The number of hydrogen-bond acceptors (Lipinski definition) is 3. The Balaban J connectivity index is 2.00. The topological polar surface area (TPSA) is 45.0 Å². The SMILES string of the molecule is CCc1cc2c(cc1/C(C)=N/N=C/c1ccc(O)cc1)C(C)(C)CCC2(C)C. The molecule has 0 fully saturated rings. The third-order valence-corrected chi connectivity index (χ3v) is 6.15. The van der Waals surface area contributed by atoms with E-state index in [4.69, 9.17) is 0 Å². The predicted octanol–water partition coefficient (Wildman–Crippen LogP) is 6.15. The number of rotatable bonds is 4. The van der Waals surface area contributed by atoms with Crippen molar-refractivity contribution in [2.75, 3.05) is 0 Å². The summed E-state index contributed by atoms with van der Waals surface area (Å²) in [4.78, 5) is 0. The van der Waals surface area contributed by atoms with Gasteiger partial charge < -0.3 is 5.11 Å². The number of phenolic OH excluding ortho intramolecular Hbond substituents is 1. The molecule has 0 amide bonds. The van der Waals surface area contributed by atoms with Crippen molar-refractivity contribution < 1.29 is 5.11 Å². The van der Waals surface area contributed by atoms with Gasteiger partial charge in [0.05, 0.1) is 11.9 Å². The lowest BCUT2D eigenvalue weighted by Gasteiger charge is -2.42. The normalized spacial score (nSPS) is 18.3. The molecule has 1 aliphatic rings. The van der Waals surface area contributed by atoms with Crippen LogP contribution in [0.2, 0.25) is 0 Å². The van der Waals surface area contributed by atoms with Gasteiger partial charge in [0.2, 0.25) is 0 Å². The van der Waals surface area contributed by atoms with E-state index >= 15 is 0 Å². The molecule has 3 nitrogen and oxygen atoms in total. The van der Waals surface area contributed by atoms with Gasteiger partial charge >= 0.3 is 0 Å². The third kappa shape index (κ3) is 4.04. The van der Waals surface area contributed by atoms with Crippen molar-refractivity contribution in [3.05, 3.63) is 64.2 Å². The Labute approximate surface area is 169 Å². The van der Waals surface area contributed by atoms with Crippen molar-refractivity contribution in [1.82, 2.24) is 0 Å². The lowest BCUT2D eigenvalue weighted by Crippen LogP contribution is -2.34. The molecule has 2 aromatic rings. The van der Waals surface area contributed by atoms with E-state index in [0.29, 0.717) is 0 Å². The summed E-state index contributed by atoms with van der Waals surface area (Å²) in [6.07, 6.45) is 5.13. The maximum Gasteiger partial charge on any atom is 0.115 e. The van der Waals surface area contributed by atoms with E-state index in [1.807, 2.05) is 19.1 Å². The number of aryl methyl sites for hydroxylation is 1. The van der Waals surface area contributed by atoms with Gasteiger partial charge in [-0.05, 0) is 89.6 Å². The summed E-state index contributed by atoms with van der Waals surface area (Å²) in [5.41, 5.74) is 7.74. The first-order chi connectivity index (χ1) is 13.1. The molecular formula is C25H32N2O. The van der Waals surface area contributed by atoms with Crippen LogP contribution in [0.25, 0.3) is 0 Å². The summed E-state index contributed by atoms with van der Waals surface area (Å²) in [5.74, 6) is 0.254. The zero-order valence-electron chi connectivity index (χ0n) is 18.0. The minimum absolute atomic E-state index is 0.182. The lowest BCUT2D eigenvalue weighted by molar-refractivity contribution is 0.331. The summed E-state index contributed by atoms with van der Waals surface area (Å²) in [5, 5.41) is 18.1. The van der Waals surface area contributed by atoms with Crippen molar-refractivity contribution in [3.8, 4) is 5.75 Å². The Hall–Kier alpha value is -2.42. The minimum Gasteiger partial charge on any atom is -0.508 e. The molecular weight excluding hydrogens is 344 g/mol. The van der Waals surface area contributed by atoms with Crippen molar-refractivity contribution >= 4 is 11.9 Å². The van der Waals surface area contributed by atoms with Crippen molar-refractivity contribution in [2.24, 2.45) is 10.2 Å². The van der Waals surface area contributed by atoms with E-state index in [9.17, 15) is 5.11 Å². The summed E-state index contributed by atoms with van der Waals surface area (Å²) < 4.78 is 0. The van der Waals surface area contributed by atoms with Crippen LogP contribution < -0.4 is 0 Å². The first kappa shape index (κ1) is 20.3. The fourth-order valence-corrected chi connectivity index (χ4v) is 4.08. The summed E-state index contributed by atoms with van der Waals surface area (Å²) in [6, 6.07) is 11.7. The molecule has 0 unspecified atom stereocenters. The Morgan fingerprint density at radius 1 is 1.00 bits per heavy atom. The van der Waals surface area contributed by atoms with Crippen molar-refractivity contribution in [1.29, 1.82) is 0 Å². The van der Waals surface area contributed by atoms with Crippen LogP contribution in [-0.4, -0.2) is 17.0 Å². The van der Waals surface area contributed by atoms with Gasteiger partial charge in [-0.15, -0.1) is 0 Å². The largest absolute Gasteiger partial charge is 0.508 e. The van der Waals surface area contributed by atoms with Crippen LogP contribution in [0.15, 0.2) is 46.6 Å². The van der Waals surface area contributed by atoms with E-state index < -0.39 is 0 Å². The monoisotopic (exact) mass is 376 g/mol. The molecule has 0 saturated heterocycles. The summed E-state index contributed by atoms with van der Waals surface area (Å²) in [7, 11) is 0. The maximum atomic E-state index is 9.38. The molecule has 0 heterocycles. The molecule has 0 atom stereocenters. The van der Waals surface area contributed by atoms with E-state index in [0.717, 1.165) is 17.7 Å². The molecule has 3 heteroatoms. The lowest BCUT2D eigenvalue weighted by atomic mass is 9.62. The van der Waals surface area contributed by atoms with Crippen LogP contribution in [0.4, 0.5) is 0 Å². The molecule has 0 saturated carbocycles. The Kier molecular flexibility index (Phi) is 5.47. The van der Waals surface area contributed by atoms with Gasteiger partial charge in [-0.2, -0.15) is 10.2 Å². The fourth-order valence-electron chi connectivity index (χ4n) is 4.08. The first-order valence-electron chi connectivity index (χ1n) is 10.2. The number of aromatic hydroxyl groups is 1. The molecule has 0 spiro atoms. The second-order valence-electron chi connectivity index (χ2n) is 9.20. The molecule has 2 aromatic carbocycles. The standard InChI is InChI=1S/C25H32N2O/c1-7-19-14-22-23(25(5,6)13-12-24(22,3)4)15-21(19)17(2)27-26-16-18-8-10-20(28)11-9-18/h8-11,14-16,28H,7,12-13H2,1-6H3/b26-16+,27-17+. The Morgan fingerprint density at radius 2 is 1.57 bits per heavy atom. The quantitative estimate of drug-likeness (QED) is 0.505. The molecule has 0 aromatic heterocycles. The molecule has 148 valence electrons. The predicted molar refractivity (Wildman–Crippen MR) is 119 cm³/mol. The minimum atomic E-state index is 0.182. The molecule has 1 N–H and O–H groups in total. The summed E-state index contributed by atoms with van der Waals surface area (Å²) >= 11 is 0. The van der Waals surface area contributed by atoms with Gasteiger partial charge in [0, 0.05) is 5.56 Å². The van der Waals surface area contributed by atoms with E-state index in [1.165, 1.54) is 35.1 Å². The molecule has 0 radical (unpaired) electrons. The van der Waals surface area contributed by atoms with E-state index in [2.05, 4.69) is 57.0 Å². The molecule has 28 heavy (non-hydrogen) atoms. The number of benzene rings is 2. The third-order valence-electron chi connectivity index (χ3n) is 6.15. The average molecular weight is 377 g/mol. The average Bonchev–Trinajstić information content (AvgIpc) is 2.66. The van der Waals surface area contributed by atoms with Gasteiger partial charge in [-0.1, -0.05) is 40.7 Å². The number of nitrogens with zero attached hydrogens (tertiary/aromatic N) is 2. The van der Waals surface area contributed by atoms with Gasteiger partial charge in [-0.25, -0.2) is 0 Å². The fraction of sp³-hybridized carbons (Fsp3) is 0.440. The molecule has 1 aliphatic carbocycles. The maximum absolute atomic E-state index is 9.38. The van der Waals surface area contributed by atoms with Crippen molar-refractivity contribution in [3.63, 3.8) is 0 Å². The van der Waals surface area contributed by atoms with E-state index in [-0.39, 0.29) is 16.6 Å². The van der Waals surface area contributed by atoms with Crippen LogP contribution in [-0.2, 0) is 17.3 Å². The van der Waals surface area contributed by atoms with Crippen LogP contribution in [0.5, 0.6) is 5.75 Å². The van der Waals surface area contributed by atoms with Crippen LogP contribution in [0.1, 0.15) is 82.2 Å². The first-order valence-corrected chi connectivity index (χ1v) is 10.2. The highest BCUT2D eigenvalue weighted by Gasteiger charge is 2.37. The number of phenols is 1. The van der Waals surface area contributed by atoms with Gasteiger partial charge in [0.15, 0.2) is 0 Å². The zero-order valence-corrected chi connectivity index (χ0v) is 18.0. The Morgan fingerprint density at radius 3 is 2.14 bits per heavy atom. The second-order valence-corrected chi connectivity index (χ2v) is 9.20. The highest BCUT2D eigenvalue weighted by molar-refractivity contribution is 6.00. The van der Waals surface area contributed by atoms with E-state index in [1.54, 1.807) is 18.3 Å². The number of fused-ring (bicyclic) bond motifs is 1. The molecule has 0 aliphatic heterocycles. The highest BCUT2D eigenvalue weighted by Crippen LogP contribution is 2.46. The van der Waals surface area contributed by atoms with Gasteiger partial charge in [0.1, 0.15) is 5.75 Å².